The van der Waals surface area contributed by atoms with Gasteiger partial charge < -0.3 is 10.4 Å². The molecule has 0 aliphatic rings. The second-order valence-electron chi connectivity index (χ2n) is 2.66. The number of aliphatic hydroxyl groups excluding tert-OH is 1. The fourth-order valence-corrected chi connectivity index (χ4v) is 0.595. The lowest BCUT2D eigenvalue weighted by atomic mass is 10.1. The van der Waals surface area contributed by atoms with E-state index in [2.05, 4.69) is 19.2 Å². The third kappa shape index (κ3) is 11.1. The lowest BCUT2D eigenvalue weighted by Gasteiger charge is -2.03. The van der Waals surface area contributed by atoms with Gasteiger partial charge in [-0.05, 0) is 18.9 Å². The van der Waals surface area contributed by atoms with Crippen molar-refractivity contribution in [1.29, 1.82) is 0 Å². The van der Waals surface area contributed by atoms with Gasteiger partial charge in [0.25, 0.3) is 0 Å². The molecule has 10 heavy (non-hydrogen) atoms. The van der Waals surface area contributed by atoms with Crippen LogP contribution in [0.4, 0.5) is 0 Å². The largest absolute Gasteiger partial charge is 0.395 e. The van der Waals surface area contributed by atoms with Crippen LogP contribution in [0.5, 0.6) is 0 Å². The molecule has 0 aliphatic carbocycles. The average Bonchev–Trinajstić information content (AvgIpc) is 1.80. The van der Waals surface area contributed by atoms with Gasteiger partial charge in [-0.3, -0.25) is 0 Å². The van der Waals surface area contributed by atoms with Crippen molar-refractivity contribution in [3.8, 4) is 0 Å². The molecule has 0 unspecified atom stereocenters. The zero-order chi connectivity index (χ0) is 7.11. The van der Waals surface area contributed by atoms with Crippen LogP contribution in [0.15, 0.2) is 0 Å². The van der Waals surface area contributed by atoms with Crippen LogP contribution in [0.25, 0.3) is 0 Å². The molecule has 0 atom stereocenters. The van der Waals surface area contributed by atoms with Gasteiger partial charge in [0.1, 0.15) is 0 Å². The van der Waals surface area contributed by atoms with Crippen molar-refractivity contribution in [2.45, 2.75) is 20.3 Å². The predicted octanol–water partition coefficient (Wildman–Crippen LogP) is 1.04. The fourth-order valence-electron chi connectivity index (χ4n) is 0.595. The molecule has 0 aromatic rings. The Kier molecular flexibility index (Phi) is 11.8. The molecular weight excluding hydrogens is 150 g/mol. The van der Waals surface area contributed by atoms with Crippen LogP contribution in [-0.4, -0.2) is 24.8 Å². The highest BCUT2D eigenvalue weighted by Crippen LogP contribution is 1.95. The molecule has 0 aliphatic heterocycles. The minimum absolute atomic E-state index is 0. The Bertz CT molecular complexity index is 59.6. The zero-order valence-corrected chi connectivity index (χ0v) is 7.58. The molecule has 0 aromatic heterocycles. The van der Waals surface area contributed by atoms with Gasteiger partial charge in [0, 0.05) is 6.54 Å². The SMILES string of the molecule is CC(C)CCNCCO.Cl. The highest BCUT2D eigenvalue weighted by atomic mass is 35.5. The van der Waals surface area contributed by atoms with Crippen molar-refractivity contribution in [3.63, 3.8) is 0 Å². The average molecular weight is 168 g/mol. The van der Waals surface area contributed by atoms with Gasteiger partial charge in [-0.15, -0.1) is 12.4 Å². The molecule has 0 amide bonds. The standard InChI is InChI=1S/C7H17NO.ClH/c1-7(2)3-4-8-5-6-9;/h7-9H,3-6H2,1-2H3;1H. The van der Waals surface area contributed by atoms with E-state index in [1.165, 1.54) is 6.42 Å². The summed E-state index contributed by atoms with van der Waals surface area (Å²) in [5.74, 6) is 0.760. The third-order valence-electron chi connectivity index (χ3n) is 1.19. The Labute approximate surface area is 69.4 Å². The van der Waals surface area contributed by atoms with Crippen LogP contribution in [-0.2, 0) is 0 Å². The second kappa shape index (κ2) is 9.21. The highest BCUT2D eigenvalue weighted by molar-refractivity contribution is 5.85. The molecule has 2 nitrogen and oxygen atoms in total. The molecule has 3 heteroatoms. The summed E-state index contributed by atoms with van der Waals surface area (Å²) in [6.07, 6.45) is 1.19. The first-order chi connectivity index (χ1) is 4.27. The lowest BCUT2D eigenvalue weighted by molar-refractivity contribution is 0.291. The van der Waals surface area contributed by atoms with Crippen molar-refractivity contribution in [3.05, 3.63) is 0 Å². The van der Waals surface area contributed by atoms with Crippen LogP contribution in [0.2, 0.25) is 0 Å². The van der Waals surface area contributed by atoms with Gasteiger partial charge in [-0.25, -0.2) is 0 Å². The summed E-state index contributed by atoms with van der Waals surface area (Å²) in [6.45, 7) is 6.39. The highest BCUT2D eigenvalue weighted by Gasteiger charge is 1.90. The van der Waals surface area contributed by atoms with Crippen LogP contribution in [0, 0.1) is 5.92 Å². The van der Waals surface area contributed by atoms with Crippen LogP contribution in [0.1, 0.15) is 20.3 Å². The van der Waals surface area contributed by atoms with E-state index in [0.717, 1.165) is 19.0 Å². The zero-order valence-electron chi connectivity index (χ0n) is 6.76. The van der Waals surface area contributed by atoms with E-state index in [4.69, 9.17) is 5.11 Å². The van der Waals surface area contributed by atoms with Gasteiger partial charge in [0.05, 0.1) is 6.61 Å². The summed E-state index contributed by atoms with van der Waals surface area (Å²) >= 11 is 0. The molecule has 0 heterocycles. The van der Waals surface area contributed by atoms with E-state index in [1.807, 2.05) is 0 Å². The van der Waals surface area contributed by atoms with Gasteiger partial charge in [-0.1, -0.05) is 13.8 Å². The molecular formula is C7H18ClNO. The summed E-state index contributed by atoms with van der Waals surface area (Å²) in [5.41, 5.74) is 0. The maximum absolute atomic E-state index is 8.37. The van der Waals surface area contributed by atoms with Gasteiger partial charge in [0.2, 0.25) is 0 Å². The first-order valence-corrected chi connectivity index (χ1v) is 3.59. The van der Waals surface area contributed by atoms with E-state index in [0.29, 0.717) is 0 Å². The molecule has 0 spiro atoms. The Balaban J connectivity index is 0. The van der Waals surface area contributed by atoms with E-state index in [1.54, 1.807) is 0 Å². The molecule has 0 fully saturated rings. The molecule has 0 saturated heterocycles. The molecule has 0 rings (SSSR count). The molecule has 2 N–H and O–H groups in total. The Morgan fingerprint density at radius 2 is 1.90 bits per heavy atom. The molecule has 0 radical (unpaired) electrons. The van der Waals surface area contributed by atoms with E-state index < -0.39 is 0 Å². The molecule has 0 saturated carbocycles. The van der Waals surface area contributed by atoms with Crippen molar-refractivity contribution in [1.82, 2.24) is 5.32 Å². The maximum atomic E-state index is 8.37. The summed E-state index contributed by atoms with van der Waals surface area (Å²) in [5, 5.41) is 11.5. The summed E-state index contributed by atoms with van der Waals surface area (Å²) in [4.78, 5) is 0. The van der Waals surface area contributed by atoms with E-state index in [9.17, 15) is 0 Å². The van der Waals surface area contributed by atoms with Gasteiger partial charge >= 0.3 is 0 Å². The van der Waals surface area contributed by atoms with E-state index in [-0.39, 0.29) is 19.0 Å². The molecule has 64 valence electrons. The third-order valence-corrected chi connectivity index (χ3v) is 1.19. The minimum atomic E-state index is 0. The Hall–Kier alpha value is 0.210. The summed E-state index contributed by atoms with van der Waals surface area (Å²) in [7, 11) is 0. The molecule has 0 aromatic carbocycles. The van der Waals surface area contributed by atoms with Crippen LogP contribution in [0.3, 0.4) is 0 Å². The first-order valence-electron chi connectivity index (χ1n) is 3.59. The quantitative estimate of drug-likeness (QED) is 0.600. The number of nitrogens with one attached hydrogen (secondary N) is 1. The Morgan fingerprint density at radius 3 is 2.30 bits per heavy atom. The monoisotopic (exact) mass is 167 g/mol. The van der Waals surface area contributed by atoms with Crippen molar-refractivity contribution < 1.29 is 5.11 Å². The van der Waals surface area contributed by atoms with Crippen LogP contribution < -0.4 is 5.32 Å². The van der Waals surface area contributed by atoms with Gasteiger partial charge in [0.15, 0.2) is 0 Å². The number of hydrogen-bond acceptors (Lipinski definition) is 2. The number of hydrogen-bond donors (Lipinski definition) is 2. The summed E-state index contributed by atoms with van der Waals surface area (Å²) < 4.78 is 0. The first kappa shape index (κ1) is 12.8. The predicted molar refractivity (Wildman–Crippen MR) is 46.7 cm³/mol. The topological polar surface area (TPSA) is 32.3 Å². The van der Waals surface area contributed by atoms with Crippen molar-refractivity contribution in [2.75, 3.05) is 19.7 Å². The lowest BCUT2D eigenvalue weighted by Crippen LogP contribution is -2.20. The smallest absolute Gasteiger partial charge is 0.0555 e. The summed E-state index contributed by atoms with van der Waals surface area (Å²) in [6, 6.07) is 0. The Morgan fingerprint density at radius 1 is 1.30 bits per heavy atom. The van der Waals surface area contributed by atoms with Crippen molar-refractivity contribution >= 4 is 12.4 Å². The second-order valence-corrected chi connectivity index (χ2v) is 2.66. The molecule has 0 bridgehead atoms. The number of halogens is 1. The minimum Gasteiger partial charge on any atom is -0.395 e. The van der Waals surface area contributed by atoms with E-state index >= 15 is 0 Å². The normalized spacial score (nSPS) is 9.60. The fraction of sp³-hybridized carbons (Fsp3) is 1.00. The van der Waals surface area contributed by atoms with Crippen molar-refractivity contribution in [2.24, 2.45) is 5.92 Å². The number of aliphatic hydroxyl groups is 1. The van der Waals surface area contributed by atoms with Gasteiger partial charge in [-0.2, -0.15) is 0 Å². The maximum Gasteiger partial charge on any atom is 0.0555 e. The number of rotatable bonds is 5. The van der Waals surface area contributed by atoms with Crippen LogP contribution >= 0.6 is 12.4 Å².